The van der Waals surface area contributed by atoms with Crippen LogP contribution in [0.5, 0.6) is 23.0 Å². The summed E-state index contributed by atoms with van der Waals surface area (Å²) >= 11 is 0. The minimum Gasteiger partial charge on any atom is -0.493 e. The van der Waals surface area contributed by atoms with Crippen LogP contribution in [0.2, 0.25) is 0 Å². The van der Waals surface area contributed by atoms with E-state index >= 15 is 0 Å². The van der Waals surface area contributed by atoms with Crippen LogP contribution in [0, 0.1) is 0 Å². The smallest absolute Gasteiger partial charge is 0.162 e. The molecule has 2 saturated heterocycles. The summed E-state index contributed by atoms with van der Waals surface area (Å²) in [7, 11) is 6.75. The van der Waals surface area contributed by atoms with Gasteiger partial charge >= 0.3 is 0 Å². The van der Waals surface area contributed by atoms with E-state index in [4.69, 9.17) is 18.9 Å². The SMILES string of the molecule is COc1ccc([C@H]2CCC[C@H]3CN(c4ccc(OC)c(OC)c4)CCN32)cc1OC. The standard InChI is InChI=1S/C24H32N2O4/c1-27-21-10-8-17(14-23(21)29-3)20-7-5-6-19-16-25(12-13-26(19)20)18-9-11-22(28-2)24(15-18)30-4/h8-11,14-15,19-20H,5-7,12-13,16H2,1-4H3/t19-,20+/m0/s1. The van der Waals surface area contributed by atoms with Gasteiger partial charge in [0.1, 0.15) is 0 Å². The zero-order valence-electron chi connectivity index (χ0n) is 18.4. The molecule has 2 aromatic rings. The Morgan fingerprint density at radius 1 is 0.733 bits per heavy atom. The van der Waals surface area contributed by atoms with E-state index < -0.39 is 0 Å². The molecule has 0 aromatic heterocycles. The molecule has 0 spiro atoms. The van der Waals surface area contributed by atoms with Crippen LogP contribution in [-0.4, -0.2) is 59.0 Å². The van der Waals surface area contributed by atoms with Crippen molar-refractivity contribution in [2.75, 3.05) is 53.0 Å². The monoisotopic (exact) mass is 412 g/mol. The fraction of sp³-hybridized carbons (Fsp3) is 0.500. The molecule has 2 aromatic carbocycles. The lowest BCUT2D eigenvalue weighted by Gasteiger charge is -2.49. The highest BCUT2D eigenvalue weighted by atomic mass is 16.5. The first-order valence-electron chi connectivity index (χ1n) is 10.6. The summed E-state index contributed by atoms with van der Waals surface area (Å²) in [6, 6.07) is 13.5. The maximum absolute atomic E-state index is 5.55. The van der Waals surface area contributed by atoms with Crippen molar-refractivity contribution in [3.63, 3.8) is 0 Å². The van der Waals surface area contributed by atoms with E-state index in [0.29, 0.717) is 12.1 Å². The molecule has 0 N–H and O–H groups in total. The molecule has 2 fully saturated rings. The molecule has 4 rings (SSSR count). The van der Waals surface area contributed by atoms with Crippen molar-refractivity contribution in [3.05, 3.63) is 42.0 Å². The van der Waals surface area contributed by atoms with Crippen molar-refractivity contribution in [1.82, 2.24) is 4.90 Å². The van der Waals surface area contributed by atoms with Gasteiger partial charge in [0.05, 0.1) is 28.4 Å². The summed E-state index contributed by atoms with van der Waals surface area (Å²) in [5, 5.41) is 0. The van der Waals surface area contributed by atoms with Crippen molar-refractivity contribution >= 4 is 5.69 Å². The van der Waals surface area contributed by atoms with Crippen LogP contribution in [0.3, 0.4) is 0 Å². The Labute approximate surface area is 179 Å². The number of fused-ring (bicyclic) bond motifs is 1. The first-order valence-corrected chi connectivity index (χ1v) is 10.6. The molecule has 2 heterocycles. The van der Waals surface area contributed by atoms with E-state index in [9.17, 15) is 0 Å². The Balaban J connectivity index is 1.52. The number of hydrogen-bond acceptors (Lipinski definition) is 6. The van der Waals surface area contributed by atoms with E-state index in [1.807, 2.05) is 12.1 Å². The van der Waals surface area contributed by atoms with Gasteiger partial charge in [0.25, 0.3) is 0 Å². The average Bonchev–Trinajstić information content (AvgIpc) is 2.82. The third kappa shape index (κ3) is 3.88. The summed E-state index contributed by atoms with van der Waals surface area (Å²) in [6.45, 7) is 3.06. The van der Waals surface area contributed by atoms with Gasteiger partial charge in [-0.2, -0.15) is 0 Å². The Hall–Kier alpha value is -2.60. The number of rotatable bonds is 6. The van der Waals surface area contributed by atoms with Crippen LogP contribution < -0.4 is 23.8 Å². The molecule has 30 heavy (non-hydrogen) atoms. The van der Waals surface area contributed by atoms with E-state index in [1.54, 1.807) is 28.4 Å². The molecule has 6 nitrogen and oxygen atoms in total. The normalized spacial score (nSPS) is 21.7. The van der Waals surface area contributed by atoms with Gasteiger partial charge in [-0.3, -0.25) is 4.90 Å². The van der Waals surface area contributed by atoms with Crippen molar-refractivity contribution in [1.29, 1.82) is 0 Å². The highest BCUT2D eigenvalue weighted by molar-refractivity contribution is 5.57. The van der Waals surface area contributed by atoms with Crippen LogP contribution in [0.4, 0.5) is 5.69 Å². The second kappa shape index (κ2) is 9.04. The minimum atomic E-state index is 0.427. The second-order valence-corrected chi connectivity index (χ2v) is 7.94. The van der Waals surface area contributed by atoms with Crippen molar-refractivity contribution in [2.45, 2.75) is 31.3 Å². The van der Waals surface area contributed by atoms with Crippen LogP contribution in [0.15, 0.2) is 36.4 Å². The molecule has 0 bridgehead atoms. The summed E-state index contributed by atoms with van der Waals surface area (Å²) in [5.74, 6) is 3.14. The Bertz CT molecular complexity index is 872. The minimum absolute atomic E-state index is 0.427. The third-order valence-electron chi connectivity index (χ3n) is 6.47. The molecular formula is C24H32N2O4. The molecule has 0 saturated carbocycles. The van der Waals surface area contributed by atoms with E-state index in [-0.39, 0.29) is 0 Å². The zero-order chi connectivity index (χ0) is 21.1. The fourth-order valence-corrected chi connectivity index (χ4v) is 4.92. The van der Waals surface area contributed by atoms with Gasteiger partial charge < -0.3 is 23.8 Å². The molecule has 2 aliphatic rings. The largest absolute Gasteiger partial charge is 0.493 e. The van der Waals surface area contributed by atoms with Crippen LogP contribution >= 0.6 is 0 Å². The summed E-state index contributed by atoms with van der Waals surface area (Å²) in [4.78, 5) is 5.15. The zero-order valence-corrected chi connectivity index (χ0v) is 18.4. The van der Waals surface area contributed by atoms with Crippen LogP contribution in [0.1, 0.15) is 30.9 Å². The van der Waals surface area contributed by atoms with Crippen LogP contribution in [0.25, 0.3) is 0 Å². The number of piperidine rings is 1. The van der Waals surface area contributed by atoms with Crippen molar-refractivity contribution < 1.29 is 18.9 Å². The Morgan fingerprint density at radius 3 is 2.10 bits per heavy atom. The van der Waals surface area contributed by atoms with E-state index in [1.165, 1.54) is 30.5 Å². The highest BCUT2D eigenvalue weighted by Crippen LogP contribution is 2.40. The number of benzene rings is 2. The maximum Gasteiger partial charge on any atom is 0.162 e. The number of anilines is 1. The topological polar surface area (TPSA) is 43.4 Å². The van der Waals surface area contributed by atoms with Gasteiger partial charge in [0, 0.05) is 43.5 Å². The molecule has 2 atom stereocenters. The highest BCUT2D eigenvalue weighted by Gasteiger charge is 2.36. The third-order valence-corrected chi connectivity index (χ3v) is 6.47. The number of hydrogen-bond donors (Lipinski definition) is 0. The lowest BCUT2D eigenvalue weighted by Crippen LogP contribution is -2.55. The molecule has 0 amide bonds. The lowest BCUT2D eigenvalue weighted by molar-refractivity contribution is 0.0715. The Kier molecular flexibility index (Phi) is 6.23. The van der Waals surface area contributed by atoms with Crippen LogP contribution in [-0.2, 0) is 0 Å². The van der Waals surface area contributed by atoms with Gasteiger partial charge in [0.2, 0.25) is 0 Å². The molecule has 2 aliphatic heterocycles. The number of ether oxygens (including phenoxy) is 4. The maximum atomic E-state index is 5.55. The van der Waals surface area contributed by atoms with Crippen molar-refractivity contribution in [3.8, 4) is 23.0 Å². The molecule has 6 heteroatoms. The van der Waals surface area contributed by atoms with Gasteiger partial charge in [-0.1, -0.05) is 6.07 Å². The van der Waals surface area contributed by atoms with Gasteiger partial charge in [-0.25, -0.2) is 0 Å². The van der Waals surface area contributed by atoms with E-state index in [0.717, 1.165) is 42.6 Å². The van der Waals surface area contributed by atoms with Gasteiger partial charge in [-0.05, 0) is 49.1 Å². The fourth-order valence-electron chi connectivity index (χ4n) is 4.92. The summed E-state index contributed by atoms with van der Waals surface area (Å²) in [5.41, 5.74) is 2.51. The average molecular weight is 413 g/mol. The summed E-state index contributed by atoms with van der Waals surface area (Å²) in [6.07, 6.45) is 3.65. The molecule has 0 aliphatic carbocycles. The predicted molar refractivity (Wildman–Crippen MR) is 118 cm³/mol. The van der Waals surface area contributed by atoms with Gasteiger partial charge in [-0.15, -0.1) is 0 Å². The molecule has 0 radical (unpaired) electrons. The summed E-state index contributed by atoms with van der Waals surface area (Å²) < 4.78 is 21.9. The number of methoxy groups -OCH3 is 4. The quantitative estimate of drug-likeness (QED) is 0.711. The first kappa shape index (κ1) is 20.7. The molecule has 162 valence electrons. The second-order valence-electron chi connectivity index (χ2n) is 7.94. The molecular weight excluding hydrogens is 380 g/mol. The van der Waals surface area contributed by atoms with E-state index in [2.05, 4.69) is 34.1 Å². The molecule has 0 unspecified atom stereocenters. The first-order chi connectivity index (χ1) is 14.7. The predicted octanol–water partition coefficient (Wildman–Crippen LogP) is 4.14. The van der Waals surface area contributed by atoms with Gasteiger partial charge in [0.15, 0.2) is 23.0 Å². The van der Waals surface area contributed by atoms with Crippen molar-refractivity contribution in [2.24, 2.45) is 0 Å². The number of nitrogens with zero attached hydrogens (tertiary/aromatic N) is 2. The lowest BCUT2D eigenvalue weighted by atomic mass is 9.89. The Morgan fingerprint density at radius 2 is 1.40 bits per heavy atom. The number of piperazine rings is 1.